The summed E-state index contributed by atoms with van der Waals surface area (Å²) in [6, 6.07) is 13.1. The van der Waals surface area contributed by atoms with Crippen LogP contribution in [0.15, 0.2) is 51.8 Å². The fourth-order valence-corrected chi connectivity index (χ4v) is 5.66. The second-order valence-corrected chi connectivity index (χ2v) is 9.41. The number of methoxy groups -OCH3 is 1. The summed E-state index contributed by atoms with van der Waals surface area (Å²) in [7, 11) is -1.96. The van der Waals surface area contributed by atoms with E-state index in [1.807, 2.05) is 37.3 Å². The molecule has 5 nitrogen and oxygen atoms in total. The molecule has 0 aliphatic carbocycles. The van der Waals surface area contributed by atoms with E-state index in [0.717, 1.165) is 42.8 Å². The molecule has 2 aromatic rings. The molecular weight excluding hydrogens is 428 g/mol. The van der Waals surface area contributed by atoms with E-state index in [1.54, 1.807) is 19.2 Å². The number of ether oxygens (including phenoxy) is 1. The van der Waals surface area contributed by atoms with Gasteiger partial charge < -0.3 is 4.74 Å². The zero-order chi connectivity index (χ0) is 19.4. The number of rotatable bonds is 7. The van der Waals surface area contributed by atoms with Crippen molar-refractivity contribution >= 4 is 26.0 Å². The summed E-state index contributed by atoms with van der Waals surface area (Å²) in [4.78, 5) is 2.61. The van der Waals surface area contributed by atoms with Gasteiger partial charge in [0, 0.05) is 17.1 Å². The SMILES string of the molecule is COc1ccc([C@H](CNS(=O)(=O)c2ccc(C)cc2Br)N2CCCC2)cc1. The van der Waals surface area contributed by atoms with Crippen LogP contribution >= 0.6 is 15.9 Å². The predicted molar refractivity (Wildman–Crippen MR) is 111 cm³/mol. The van der Waals surface area contributed by atoms with Crippen LogP contribution < -0.4 is 9.46 Å². The van der Waals surface area contributed by atoms with Crippen LogP contribution in [-0.4, -0.2) is 40.1 Å². The Morgan fingerprint density at radius 2 is 1.81 bits per heavy atom. The second kappa shape index (κ2) is 8.73. The monoisotopic (exact) mass is 452 g/mol. The van der Waals surface area contributed by atoms with E-state index < -0.39 is 10.0 Å². The molecule has 0 spiro atoms. The van der Waals surface area contributed by atoms with Gasteiger partial charge in [0.25, 0.3) is 0 Å². The first kappa shape index (κ1) is 20.3. The van der Waals surface area contributed by atoms with Crippen molar-refractivity contribution in [1.82, 2.24) is 9.62 Å². The Kier molecular flexibility index (Phi) is 6.57. The minimum atomic E-state index is -3.60. The maximum Gasteiger partial charge on any atom is 0.241 e. The van der Waals surface area contributed by atoms with Crippen LogP contribution in [0.2, 0.25) is 0 Å². The van der Waals surface area contributed by atoms with Gasteiger partial charge in [-0.15, -0.1) is 0 Å². The van der Waals surface area contributed by atoms with Crippen molar-refractivity contribution in [3.05, 3.63) is 58.1 Å². The molecule has 1 heterocycles. The number of sulfonamides is 1. The summed E-state index contributed by atoms with van der Waals surface area (Å²) >= 11 is 3.37. The molecule has 2 aromatic carbocycles. The zero-order valence-electron chi connectivity index (χ0n) is 15.6. The predicted octanol–water partition coefficient (Wildman–Crippen LogP) is 3.88. The molecule has 0 aromatic heterocycles. The molecule has 1 N–H and O–H groups in total. The average Bonchev–Trinajstić information content (AvgIpc) is 3.16. The summed E-state index contributed by atoms with van der Waals surface area (Å²) in [6.07, 6.45) is 2.28. The summed E-state index contributed by atoms with van der Waals surface area (Å²) in [5.41, 5.74) is 2.09. The minimum Gasteiger partial charge on any atom is -0.497 e. The van der Waals surface area contributed by atoms with Gasteiger partial charge in [0.15, 0.2) is 0 Å². The lowest BCUT2D eigenvalue weighted by molar-refractivity contribution is 0.246. The third-order valence-corrected chi connectivity index (χ3v) is 7.33. The van der Waals surface area contributed by atoms with E-state index in [4.69, 9.17) is 4.74 Å². The fourth-order valence-electron chi connectivity index (χ4n) is 3.43. The number of aryl methyl sites for hydroxylation is 1. The Hall–Kier alpha value is -1.41. The van der Waals surface area contributed by atoms with Crippen LogP contribution in [-0.2, 0) is 10.0 Å². The summed E-state index contributed by atoms with van der Waals surface area (Å²) < 4.78 is 34.3. The zero-order valence-corrected chi connectivity index (χ0v) is 18.0. The van der Waals surface area contributed by atoms with Gasteiger partial charge >= 0.3 is 0 Å². The lowest BCUT2D eigenvalue weighted by Crippen LogP contribution is -2.36. The third-order valence-electron chi connectivity index (χ3n) is 4.93. The van der Waals surface area contributed by atoms with Gasteiger partial charge in [-0.2, -0.15) is 0 Å². The summed E-state index contributed by atoms with van der Waals surface area (Å²) in [5.74, 6) is 0.795. The van der Waals surface area contributed by atoms with Crippen LogP contribution in [0.25, 0.3) is 0 Å². The lowest BCUT2D eigenvalue weighted by Gasteiger charge is -2.28. The lowest BCUT2D eigenvalue weighted by atomic mass is 10.1. The maximum atomic E-state index is 12.8. The van der Waals surface area contributed by atoms with E-state index in [-0.39, 0.29) is 10.9 Å². The van der Waals surface area contributed by atoms with Crippen molar-refractivity contribution in [2.24, 2.45) is 0 Å². The Morgan fingerprint density at radius 1 is 1.15 bits per heavy atom. The molecule has 3 rings (SSSR count). The maximum absolute atomic E-state index is 12.8. The number of nitrogens with one attached hydrogen (secondary N) is 1. The molecule has 0 radical (unpaired) electrons. The normalized spacial score (nSPS) is 16.4. The van der Waals surface area contributed by atoms with Gasteiger partial charge in [0.1, 0.15) is 5.75 Å². The first-order valence-electron chi connectivity index (χ1n) is 9.04. The third kappa shape index (κ3) is 4.90. The van der Waals surface area contributed by atoms with Crippen molar-refractivity contribution in [3.8, 4) is 5.75 Å². The smallest absolute Gasteiger partial charge is 0.241 e. The van der Waals surface area contributed by atoms with Gasteiger partial charge in [-0.3, -0.25) is 4.90 Å². The van der Waals surface area contributed by atoms with E-state index in [0.29, 0.717) is 11.0 Å². The molecule has 1 saturated heterocycles. The Balaban J connectivity index is 1.81. The molecule has 0 amide bonds. The largest absolute Gasteiger partial charge is 0.497 e. The number of likely N-dealkylation sites (tertiary alicyclic amines) is 1. The van der Waals surface area contributed by atoms with Gasteiger partial charge in [-0.05, 0) is 84.2 Å². The summed E-state index contributed by atoms with van der Waals surface area (Å²) in [6.45, 7) is 4.22. The van der Waals surface area contributed by atoms with Gasteiger partial charge in [-0.1, -0.05) is 18.2 Å². The number of hydrogen-bond donors (Lipinski definition) is 1. The molecule has 1 fully saturated rings. The van der Waals surface area contributed by atoms with Gasteiger partial charge in [0.05, 0.1) is 12.0 Å². The van der Waals surface area contributed by atoms with Crippen molar-refractivity contribution in [2.75, 3.05) is 26.7 Å². The Bertz CT molecular complexity index is 879. The van der Waals surface area contributed by atoms with E-state index in [2.05, 4.69) is 25.6 Å². The molecule has 0 saturated carbocycles. The molecule has 27 heavy (non-hydrogen) atoms. The van der Waals surface area contributed by atoms with Crippen LogP contribution in [0.5, 0.6) is 5.75 Å². The molecule has 146 valence electrons. The quantitative estimate of drug-likeness (QED) is 0.692. The number of halogens is 1. The van der Waals surface area contributed by atoms with Crippen molar-refractivity contribution in [2.45, 2.75) is 30.7 Å². The molecular formula is C20H25BrN2O3S. The van der Waals surface area contributed by atoms with Crippen molar-refractivity contribution < 1.29 is 13.2 Å². The average molecular weight is 453 g/mol. The standard InChI is InChI=1S/C20H25BrN2O3S/c1-15-5-10-20(18(21)13-15)27(24,25)22-14-19(23-11-3-4-12-23)16-6-8-17(26-2)9-7-16/h5-10,13,19,22H,3-4,11-12,14H2,1-2H3/t19-/m0/s1. The molecule has 0 unspecified atom stereocenters. The number of nitrogens with zero attached hydrogens (tertiary/aromatic N) is 1. The molecule has 7 heteroatoms. The minimum absolute atomic E-state index is 0.00240. The molecule has 1 atom stereocenters. The number of hydrogen-bond acceptors (Lipinski definition) is 4. The highest BCUT2D eigenvalue weighted by atomic mass is 79.9. The van der Waals surface area contributed by atoms with E-state index in [9.17, 15) is 8.42 Å². The van der Waals surface area contributed by atoms with Crippen LogP contribution in [0.3, 0.4) is 0 Å². The van der Waals surface area contributed by atoms with Crippen LogP contribution in [0, 0.1) is 6.92 Å². The second-order valence-electron chi connectivity index (χ2n) is 6.82. The summed E-state index contributed by atoms with van der Waals surface area (Å²) in [5, 5.41) is 0. The molecule has 1 aliphatic rings. The number of benzene rings is 2. The highest BCUT2D eigenvalue weighted by Gasteiger charge is 2.26. The molecule has 0 bridgehead atoms. The van der Waals surface area contributed by atoms with Crippen molar-refractivity contribution in [3.63, 3.8) is 0 Å². The van der Waals surface area contributed by atoms with Crippen LogP contribution in [0.4, 0.5) is 0 Å². The highest BCUT2D eigenvalue weighted by molar-refractivity contribution is 9.10. The fraction of sp³-hybridized carbons (Fsp3) is 0.400. The topological polar surface area (TPSA) is 58.6 Å². The van der Waals surface area contributed by atoms with Gasteiger partial charge in [-0.25, -0.2) is 13.1 Å². The Morgan fingerprint density at radius 3 is 2.41 bits per heavy atom. The van der Waals surface area contributed by atoms with E-state index >= 15 is 0 Å². The van der Waals surface area contributed by atoms with Gasteiger partial charge in [0.2, 0.25) is 10.0 Å². The molecule has 1 aliphatic heterocycles. The van der Waals surface area contributed by atoms with Crippen molar-refractivity contribution in [1.29, 1.82) is 0 Å². The highest BCUT2D eigenvalue weighted by Crippen LogP contribution is 2.28. The Labute approximate surface area is 169 Å². The first-order chi connectivity index (χ1) is 12.9. The van der Waals surface area contributed by atoms with Crippen LogP contribution in [0.1, 0.15) is 30.0 Å². The first-order valence-corrected chi connectivity index (χ1v) is 11.3. The van der Waals surface area contributed by atoms with E-state index in [1.165, 1.54) is 0 Å².